The minimum absolute atomic E-state index is 0.407. The molecule has 2 nitrogen and oxygen atoms in total. The molecule has 4 aliphatic rings. The van der Waals surface area contributed by atoms with E-state index >= 15 is 0 Å². The Morgan fingerprint density at radius 2 is 1.81 bits per heavy atom. The topological polar surface area (TPSA) is 24.9 Å². The second kappa shape index (κ2) is 4.32. The molecule has 116 valence electrons. The fourth-order valence-corrected chi connectivity index (χ4v) is 7.94. The van der Waals surface area contributed by atoms with Crippen molar-refractivity contribution in [1.29, 1.82) is 0 Å². The highest BCUT2D eigenvalue weighted by molar-refractivity contribution is 7.11. The van der Waals surface area contributed by atoms with Gasteiger partial charge in [0.25, 0.3) is 0 Å². The second-order valence-corrected chi connectivity index (χ2v) is 10.1. The van der Waals surface area contributed by atoms with E-state index in [9.17, 15) is 0 Å². The van der Waals surface area contributed by atoms with Crippen LogP contribution in [0.5, 0.6) is 0 Å². The number of nitrogens with one attached hydrogen (secondary N) is 1. The normalized spacial score (nSPS) is 44.5. The molecule has 4 bridgehead atoms. The van der Waals surface area contributed by atoms with Crippen LogP contribution in [0.4, 0.5) is 0 Å². The highest BCUT2D eigenvalue weighted by atomic mass is 32.1. The zero-order valence-corrected chi connectivity index (χ0v) is 14.7. The van der Waals surface area contributed by atoms with Gasteiger partial charge in [0.1, 0.15) is 0 Å². The summed E-state index contributed by atoms with van der Waals surface area (Å²) in [6, 6.07) is 0. The first kappa shape index (κ1) is 14.2. The maximum atomic E-state index is 5.06. The van der Waals surface area contributed by atoms with Gasteiger partial charge in [0.2, 0.25) is 0 Å². The van der Waals surface area contributed by atoms with E-state index in [1.165, 1.54) is 54.1 Å². The summed E-state index contributed by atoms with van der Waals surface area (Å²) in [4.78, 5) is 6.50. The Morgan fingerprint density at radius 1 is 1.14 bits per heavy atom. The van der Waals surface area contributed by atoms with Gasteiger partial charge in [0, 0.05) is 16.8 Å². The lowest BCUT2D eigenvalue weighted by Crippen LogP contribution is -2.56. The van der Waals surface area contributed by atoms with Crippen molar-refractivity contribution in [2.24, 2.45) is 16.7 Å². The Kier molecular flexibility index (Phi) is 2.92. The SMILES string of the molecule is CNCc1sc(C23CC4CC(C)(CC(C)(C4)C2)C3)nc1C. The maximum absolute atomic E-state index is 5.06. The Bertz CT molecular complexity index is 558. The summed E-state index contributed by atoms with van der Waals surface area (Å²) in [6.45, 7) is 8.27. The predicted molar refractivity (Wildman–Crippen MR) is 88.7 cm³/mol. The van der Waals surface area contributed by atoms with E-state index in [2.05, 4.69) is 26.1 Å². The molecule has 3 heteroatoms. The Morgan fingerprint density at radius 3 is 2.38 bits per heavy atom. The van der Waals surface area contributed by atoms with Gasteiger partial charge in [-0.3, -0.25) is 0 Å². The largest absolute Gasteiger partial charge is 0.315 e. The lowest BCUT2D eigenvalue weighted by molar-refractivity contribution is -0.110. The molecule has 0 amide bonds. The average molecular weight is 305 g/mol. The van der Waals surface area contributed by atoms with E-state index in [1.54, 1.807) is 0 Å². The molecule has 4 fully saturated rings. The van der Waals surface area contributed by atoms with Crippen LogP contribution >= 0.6 is 11.3 Å². The summed E-state index contributed by atoms with van der Waals surface area (Å²) in [6.07, 6.45) is 8.57. The van der Waals surface area contributed by atoms with Gasteiger partial charge >= 0.3 is 0 Å². The first-order valence-electron chi connectivity index (χ1n) is 8.47. The monoisotopic (exact) mass is 304 g/mol. The van der Waals surface area contributed by atoms with Gasteiger partial charge in [-0.2, -0.15) is 0 Å². The summed E-state index contributed by atoms with van der Waals surface area (Å²) < 4.78 is 0. The molecular weight excluding hydrogens is 276 g/mol. The van der Waals surface area contributed by atoms with E-state index < -0.39 is 0 Å². The van der Waals surface area contributed by atoms with Crippen LogP contribution in [0.2, 0.25) is 0 Å². The lowest BCUT2D eigenvalue weighted by Gasteiger charge is -2.64. The first-order chi connectivity index (χ1) is 9.85. The summed E-state index contributed by atoms with van der Waals surface area (Å²) in [5, 5.41) is 4.76. The highest BCUT2D eigenvalue weighted by Crippen LogP contribution is 2.70. The summed E-state index contributed by atoms with van der Waals surface area (Å²) in [5.74, 6) is 0.952. The zero-order valence-electron chi connectivity index (χ0n) is 13.9. The average Bonchev–Trinajstić information content (AvgIpc) is 2.67. The number of aryl methyl sites for hydroxylation is 1. The second-order valence-electron chi connectivity index (χ2n) is 8.97. The molecule has 4 saturated carbocycles. The molecule has 2 atom stereocenters. The van der Waals surface area contributed by atoms with Crippen molar-refractivity contribution >= 4 is 11.3 Å². The van der Waals surface area contributed by atoms with Crippen LogP contribution in [0.1, 0.15) is 68.0 Å². The molecule has 1 aromatic heterocycles. The molecule has 4 aliphatic carbocycles. The van der Waals surface area contributed by atoms with E-state index in [-0.39, 0.29) is 0 Å². The third kappa shape index (κ3) is 2.11. The quantitative estimate of drug-likeness (QED) is 0.894. The molecule has 1 heterocycles. The van der Waals surface area contributed by atoms with Gasteiger partial charge < -0.3 is 5.32 Å². The molecule has 1 N–H and O–H groups in total. The smallest absolute Gasteiger partial charge is 0.0993 e. The molecule has 0 aromatic carbocycles. The molecule has 21 heavy (non-hydrogen) atoms. The minimum Gasteiger partial charge on any atom is -0.315 e. The van der Waals surface area contributed by atoms with E-state index in [1.807, 2.05) is 18.4 Å². The van der Waals surface area contributed by atoms with Crippen molar-refractivity contribution in [1.82, 2.24) is 10.3 Å². The number of aromatic nitrogens is 1. The van der Waals surface area contributed by atoms with Gasteiger partial charge in [0.15, 0.2) is 0 Å². The van der Waals surface area contributed by atoms with Crippen LogP contribution in [0, 0.1) is 23.7 Å². The van der Waals surface area contributed by atoms with Crippen molar-refractivity contribution in [3.8, 4) is 0 Å². The molecule has 1 aromatic rings. The minimum atomic E-state index is 0.407. The molecule has 0 saturated heterocycles. The molecule has 0 aliphatic heterocycles. The van der Waals surface area contributed by atoms with Crippen molar-refractivity contribution < 1.29 is 0 Å². The van der Waals surface area contributed by atoms with Crippen LogP contribution in [0.3, 0.4) is 0 Å². The van der Waals surface area contributed by atoms with Crippen LogP contribution < -0.4 is 5.32 Å². The molecule has 5 rings (SSSR count). The van der Waals surface area contributed by atoms with Gasteiger partial charge in [-0.15, -0.1) is 11.3 Å². The van der Waals surface area contributed by atoms with Crippen LogP contribution in [0.25, 0.3) is 0 Å². The third-order valence-electron chi connectivity index (χ3n) is 6.31. The van der Waals surface area contributed by atoms with Crippen LogP contribution in [-0.4, -0.2) is 12.0 Å². The van der Waals surface area contributed by atoms with E-state index in [0.717, 1.165) is 12.5 Å². The standard InChI is InChI=1S/C18H28N2S/c1-12-14(8-19-4)21-15(20-12)18-7-13-5-16(2,10-18)9-17(3,6-13)11-18/h13,19H,5-11H2,1-4H3. The molecular formula is C18H28N2S. The van der Waals surface area contributed by atoms with Crippen LogP contribution in [0.15, 0.2) is 0 Å². The number of hydrogen-bond acceptors (Lipinski definition) is 3. The number of hydrogen-bond donors (Lipinski definition) is 1. The molecule has 2 unspecified atom stereocenters. The number of nitrogens with zero attached hydrogens (tertiary/aromatic N) is 1. The van der Waals surface area contributed by atoms with Gasteiger partial charge in [-0.25, -0.2) is 4.98 Å². The lowest BCUT2D eigenvalue weighted by atomic mass is 9.40. The van der Waals surface area contributed by atoms with Gasteiger partial charge in [-0.1, -0.05) is 13.8 Å². The summed E-state index contributed by atoms with van der Waals surface area (Å²) >= 11 is 2.00. The number of rotatable bonds is 3. The fraction of sp³-hybridized carbons (Fsp3) is 0.833. The van der Waals surface area contributed by atoms with Crippen molar-refractivity contribution in [2.75, 3.05) is 7.05 Å². The first-order valence-corrected chi connectivity index (χ1v) is 9.29. The maximum Gasteiger partial charge on any atom is 0.0993 e. The Balaban J connectivity index is 1.75. The van der Waals surface area contributed by atoms with Gasteiger partial charge in [0.05, 0.1) is 10.7 Å². The van der Waals surface area contributed by atoms with Gasteiger partial charge in [-0.05, 0) is 69.2 Å². The predicted octanol–water partition coefficient (Wildman–Crippen LogP) is 4.42. The van der Waals surface area contributed by atoms with Crippen molar-refractivity contribution in [3.63, 3.8) is 0 Å². The molecule has 0 radical (unpaired) electrons. The third-order valence-corrected chi connectivity index (χ3v) is 7.71. The summed E-state index contributed by atoms with van der Waals surface area (Å²) in [7, 11) is 2.03. The van der Waals surface area contributed by atoms with Crippen molar-refractivity contribution in [3.05, 3.63) is 15.6 Å². The van der Waals surface area contributed by atoms with E-state index in [0.29, 0.717) is 16.2 Å². The van der Waals surface area contributed by atoms with E-state index in [4.69, 9.17) is 4.98 Å². The van der Waals surface area contributed by atoms with Crippen molar-refractivity contribution in [2.45, 2.75) is 71.3 Å². The Hall–Kier alpha value is -0.410. The van der Waals surface area contributed by atoms with Crippen LogP contribution in [-0.2, 0) is 12.0 Å². The summed E-state index contributed by atoms with van der Waals surface area (Å²) in [5.41, 5.74) is 2.83. The molecule has 0 spiro atoms. The Labute approximate surface area is 132 Å². The number of thiazole rings is 1. The zero-order chi connectivity index (χ0) is 14.9. The fourth-order valence-electron chi connectivity index (χ4n) is 6.67. The highest BCUT2D eigenvalue weighted by Gasteiger charge is 2.61.